The average Bonchev–Trinajstić information content (AvgIpc) is 2.61. The lowest BCUT2D eigenvalue weighted by Crippen LogP contribution is -2.36. The van der Waals surface area contributed by atoms with Crippen molar-refractivity contribution in [2.75, 3.05) is 11.5 Å². The molecule has 1 aliphatic heterocycles. The number of hydrogen-bond acceptors (Lipinski definition) is 4. The number of rotatable bonds is 2. The molecule has 7 heteroatoms. The Bertz CT molecular complexity index is 586. The van der Waals surface area contributed by atoms with Crippen molar-refractivity contribution in [2.45, 2.75) is 17.4 Å². The van der Waals surface area contributed by atoms with Crippen LogP contribution in [0.15, 0.2) is 23.1 Å². The molecule has 1 aromatic carbocycles. The van der Waals surface area contributed by atoms with Crippen molar-refractivity contribution in [3.8, 4) is 0 Å². The summed E-state index contributed by atoms with van der Waals surface area (Å²) in [4.78, 5) is 12.3. The molecule has 1 unspecified atom stereocenters. The highest BCUT2D eigenvalue weighted by Crippen LogP contribution is 2.16. The van der Waals surface area contributed by atoms with E-state index in [1.807, 2.05) is 0 Å². The van der Waals surface area contributed by atoms with Gasteiger partial charge in [0.15, 0.2) is 9.84 Å². The fourth-order valence-electron chi connectivity index (χ4n) is 1.86. The van der Waals surface area contributed by atoms with Crippen LogP contribution in [0, 0.1) is 5.82 Å². The highest BCUT2D eigenvalue weighted by Gasteiger charge is 2.29. The van der Waals surface area contributed by atoms with Crippen molar-refractivity contribution < 1.29 is 17.6 Å². The molecule has 1 atom stereocenters. The first kappa shape index (κ1) is 13.4. The predicted octanol–water partition coefficient (Wildman–Crippen LogP) is 1.03. The van der Waals surface area contributed by atoms with Gasteiger partial charge in [0, 0.05) is 10.9 Å². The lowest BCUT2D eigenvalue weighted by molar-refractivity contribution is 0.0937. The van der Waals surface area contributed by atoms with Gasteiger partial charge in [0.2, 0.25) is 0 Å². The molecular weight excluding hydrogens is 277 g/mol. The second-order valence-electron chi connectivity index (χ2n) is 4.24. The van der Waals surface area contributed by atoms with E-state index < -0.39 is 27.6 Å². The molecule has 98 valence electrons. The van der Waals surface area contributed by atoms with E-state index in [0.717, 1.165) is 6.07 Å². The SMILES string of the molecule is O=C(NC1CCS(=O)(=O)C1)c1cc(S)ccc1F. The standard InChI is InChI=1S/C11H12FNO3S2/c12-10-2-1-8(17)5-9(10)11(14)13-7-3-4-18(15,16)6-7/h1-2,5,7,17H,3-4,6H2,(H,13,14). The van der Waals surface area contributed by atoms with Crippen LogP contribution in [0.1, 0.15) is 16.8 Å². The number of carbonyl (C=O) groups excluding carboxylic acids is 1. The van der Waals surface area contributed by atoms with E-state index in [2.05, 4.69) is 17.9 Å². The van der Waals surface area contributed by atoms with E-state index in [1.165, 1.54) is 12.1 Å². The maximum absolute atomic E-state index is 13.4. The minimum Gasteiger partial charge on any atom is -0.348 e. The molecule has 0 bridgehead atoms. The molecule has 1 aromatic rings. The van der Waals surface area contributed by atoms with Gasteiger partial charge in [-0.1, -0.05) is 0 Å². The summed E-state index contributed by atoms with van der Waals surface area (Å²) in [6.45, 7) is 0. The first-order chi connectivity index (χ1) is 8.37. The number of amides is 1. The lowest BCUT2D eigenvalue weighted by atomic mass is 10.1. The van der Waals surface area contributed by atoms with Crippen molar-refractivity contribution in [1.82, 2.24) is 5.32 Å². The molecular formula is C11H12FNO3S2. The summed E-state index contributed by atoms with van der Waals surface area (Å²) in [5, 5.41) is 2.53. The summed E-state index contributed by atoms with van der Waals surface area (Å²) >= 11 is 4.03. The van der Waals surface area contributed by atoms with Crippen LogP contribution >= 0.6 is 12.6 Å². The zero-order chi connectivity index (χ0) is 13.3. The summed E-state index contributed by atoms with van der Waals surface area (Å²) in [5.41, 5.74) is -0.119. The number of halogens is 1. The monoisotopic (exact) mass is 289 g/mol. The Labute approximate surface area is 110 Å². The van der Waals surface area contributed by atoms with Gasteiger partial charge in [-0.3, -0.25) is 4.79 Å². The predicted molar refractivity (Wildman–Crippen MR) is 68.2 cm³/mol. The maximum atomic E-state index is 13.4. The van der Waals surface area contributed by atoms with Crippen LogP contribution in [-0.4, -0.2) is 31.9 Å². The molecule has 0 radical (unpaired) electrons. The average molecular weight is 289 g/mol. The number of sulfone groups is 1. The van der Waals surface area contributed by atoms with Gasteiger partial charge in [-0.2, -0.15) is 0 Å². The van der Waals surface area contributed by atoms with Crippen molar-refractivity contribution >= 4 is 28.4 Å². The molecule has 2 rings (SSSR count). The van der Waals surface area contributed by atoms with Gasteiger partial charge in [-0.15, -0.1) is 12.6 Å². The molecule has 0 spiro atoms. The van der Waals surface area contributed by atoms with Crippen molar-refractivity contribution in [3.05, 3.63) is 29.6 Å². The van der Waals surface area contributed by atoms with Crippen LogP contribution in [0.25, 0.3) is 0 Å². The second kappa shape index (κ2) is 4.89. The smallest absolute Gasteiger partial charge is 0.254 e. The zero-order valence-corrected chi connectivity index (χ0v) is 11.1. The van der Waals surface area contributed by atoms with Crippen LogP contribution in [0.3, 0.4) is 0 Å². The van der Waals surface area contributed by atoms with Crippen LogP contribution in [0.5, 0.6) is 0 Å². The quantitative estimate of drug-likeness (QED) is 0.799. The Morgan fingerprint density at radius 2 is 2.17 bits per heavy atom. The highest BCUT2D eigenvalue weighted by atomic mass is 32.2. The third-order valence-corrected chi connectivity index (χ3v) is 4.81. The topological polar surface area (TPSA) is 63.2 Å². The number of hydrogen-bond donors (Lipinski definition) is 2. The fraction of sp³-hybridized carbons (Fsp3) is 0.364. The number of benzene rings is 1. The Kier molecular flexibility index (Phi) is 3.63. The van der Waals surface area contributed by atoms with Crippen molar-refractivity contribution in [2.24, 2.45) is 0 Å². The van der Waals surface area contributed by atoms with Gasteiger partial charge in [-0.25, -0.2) is 12.8 Å². The molecule has 4 nitrogen and oxygen atoms in total. The first-order valence-corrected chi connectivity index (χ1v) is 7.64. The molecule has 1 aliphatic rings. The largest absolute Gasteiger partial charge is 0.348 e. The Hall–Kier alpha value is -1.08. The molecule has 1 amide bonds. The summed E-state index contributed by atoms with van der Waals surface area (Å²) in [5.74, 6) is -1.27. The van der Waals surface area contributed by atoms with E-state index >= 15 is 0 Å². The number of thiol groups is 1. The van der Waals surface area contributed by atoms with Crippen LogP contribution in [0.2, 0.25) is 0 Å². The third kappa shape index (κ3) is 3.02. The summed E-state index contributed by atoms with van der Waals surface area (Å²) in [6.07, 6.45) is 0.371. The van der Waals surface area contributed by atoms with E-state index in [-0.39, 0.29) is 17.1 Å². The van der Waals surface area contributed by atoms with Crippen LogP contribution < -0.4 is 5.32 Å². The Morgan fingerprint density at radius 1 is 1.44 bits per heavy atom. The normalized spacial score (nSPS) is 21.8. The van der Waals surface area contributed by atoms with E-state index in [1.54, 1.807) is 0 Å². The number of nitrogens with one attached hydrogen (secondary N) is 1. The van der Waals surface area contributed by atoms with E-state index in [0.29, 0.717) is 11.3 Å². The molecule has 18 heavy (non-hydrogen) atoms. The van der Waals surface area contributed by atoms with Crippen molar-refractivity contribution in [3.63, 3.8) is 0 Å². The van der Waals surface area contributed by atoms with E-state index in [4.69, 9.17) is 0 Å². The van der Waals surface area contributed by atoms with Gasteiger partial charge in [0.25, 0.3) is 5.91 Å². The van der Waals surface area contributed by atoms with Gasteiger partial charge in [0.1, 0.15) is 5.82 Å². The van der Waals surface area contributed by atoms with E-state index in [9.17, 15) is 17.6 Å². The fourth-order valence-corrected chi connectivity index (χ4v) is 3.74. The van der Waals surface area contributed by atoms with Gasteiger partial charge >= 0.3 is 0 Å². The molecule has 0 saturated carbocycles. The van der Waals surface area contributed by atoms with Gasteiger partial charge < -0.3 is 5.32 Å². The molecule has 1 saturated heterocycles. The minimum atomic E-state index is -3.07. The summed E-state index contributed by atoms with van der Waals surface area (Å²) in [7, 11) is -3.07. The Balaban J connectivity index is 2.11. The van der Waals surface area contributed by atoms with Gasteiger partial charge in [-0.05, 0) is 24.6 Å². The summed E-state index contributed by atoms with van der Waals surface area (Å²) in [6, 6.07) is 3.47. The summed E-state index contributed by atoms with van der Waals surface area (Å²) < 4.78 is 35.9. The molecule has 0 aliphatic carbocycles. The maximum Gasteiger partial charge on any atom is 0.254 e. The first-order valence-electron chi connectivity index (χ1n) is 5.37. The minimum absolute atomic E-state index is 0.0625. The van der Waals surface area contributed by atoms with Gasteiger partial charge in [0.05, 0.1) is 17.1 Å². The van der Waals surface area contributed by atoms with Crippen molar-refractivity contribution in [1.29, 1.82) is 0 Å². The highest BCUT2D eigenvalue weighted by molar-refractivity contribution is 7.91. The molecule has 0 aromatic heterocycles. The number of carbonyl (C=O) groups is 1. The van der Waals surface area contributed by atoms with Crippen LogP contribution in [0.4, 0.5) is 4.39 Å². The lowest BCUT2D eigenvalue weighted by Gasteiger charge is -2.11. The molecule has 1 heterocycles. The van der Waals surface area contributed by atoms with Crippen LogP contribution in [-0.2, 0) is 9.84 Å². The zero-order valence-electron chi connectivity index (χ0n) is 9.39. The second-order valence-corrected chi connectivity index (χ2v) is 6.98. The molecule has 1 N–H and O–H groups in total. The Morgan fingerprint density at radius 3 is 2.78 bits per heavy atom. The third-order valence-electron chi connectivity index (χ3n) is 2.76. The molecule has 1 fully saturated rings.